The van der Waals surface area contributed by atoms with Crippen molar-refractivity contribution < 1.29 is 9.59 Å². The predicted molar refractivity (Wildman–Crippen MR) is 114 cm³/mol. The van der Waals surface area contributed by atoms with Gasteiger partial charge in [-0.3, -0.25) is 9.59 Å². The van der Waals surface area contributed by atoms with Crippen LogP contribution in [0.2, 0.25) is 0 Å². The summed E-state index contributed by atoms with van der Waals surface area (Å²) in [5.74, 6) is 0.632. The lowest BCUT2D eigenvalue weighted by Crippen LogP contribution is -2.36. The normalized spacial score (nSPS) is 18.7. The number of nitrogens with zero attached hydrogens (tertiary/aromatic N) is 1. The number of carbonyl (C=O) groups is 2. The minimum atomic E-state index is -0.165. The second-order valence-electron chi connectivity index (χ2n) is 8.20. The van der Waals surface area contributed by atoms with Gasteiger partial charge in [0.1, 0.15) is 0 Å². The molecule has 1 aromatic rings. The molecule has 6 heteroatoms. The Hall–Kier alpha value is -2.08. The largest absolute Gasteiger partial charge is 0.371 e. The van der Waals surface area contributed by atoms with E-state index in [9.17, 15) is 9.59 Å². The monoisotopic (exact) mass is 386 g/mol. The molecule has 3 rings (SSSR count). The van der Waals surface area contributed by atoms with Gasteiger partial charge in [0.25, 0.3) is 0 Å². The van der Waals surface area contributed by atoms with Gasteiger partial charge in [-0.25, -0.2) is 0 Å². The van der Waals surface area contributed by atoms with Crippen LogP contribution in [0.1, 0.15) is 51.9 Å². The first kappa shape index (κ1) is 20.6. The third kappa shape index (κ3) is 6.51. The van der Waals surface area contributed by atoms with Crippen molar-refractivity contribution in [2.45, 2.75) is 57.9 Å². The Balaban J connectivity index is 1.39. The van der Waals surface area contributed by atoms with Crippen molar-refractivity contribution in [2.24, 2.45) is 5.92 Å². The zero-order chi connectivity index (χ0) is 19.8. The van der Waals surface area contributed by atoms with E-state index in [1.807, 2.05) is 25.1 Å². The molecule has 6 nitrogen and oxygen atoms in total. The number of rotatable bonds is 8. The fourth-order valence-corrected chi connectivity index (χ4v) is 4.15. The van der Waals surface area contributed by atoms with E-state index >= 15 is 0 Å². The molecule has 2 aliphatic rings. The van der Waals surface area contributed by atoms with E-state index in [4.69, 9.17) is 0 Å². The number of amides is 2. The van der Waals surface area contributed by atoms with Gasteiger partial charge in [0, 0.05) is 43.3 Å². The summed E-state index contributed by atoms with van der Waals surface area (Å²) in [5, 5.41) is 9.29. The molecule has 2 saturated heterocycles. The van der Waals surface area contributed by atoms with Crippen LogP contribution in [0.15, 0.2) is 24.3 Å². The molecule has 2 aliphatic heterocycles. The Morgan fingerprint density at radius 1 is 1.18 bits per heavy atom. The summed E-state index contributed by atoms with van der Waals surface area (Å²) in [4.78, 5) is 26.9. The maximum absolute atomic E-state index is 12.4. The van der Waals surface area contributed by atoms with Crippen LogP contribution in [-0.4, -0.2) is 44.0 Å². The number of carbonyl (C=O) groups excluding carboxylic acids is 2. The molecule has 0 bridgehead atoms. The van der Waals surface area contributed by atoms with E-state index < -0.39 is 0 Å². The molecule has 154 valence electrons. The van der Waals surface area contributed by atoms with Gasteiger partial charge in [-0.05, 0) is 76.2 Å². The van der Waals surface area contributed by atoms with Gasteiger partial charge in [0.15, 0.2) is 0 Å². The van der Waals surface area contributed by atoms with Crippen molar-refractivity contribution in [3.05, 3.63) is 24.3 Å². The van der Waals surface area contributed by atoms with Crippen LogP contribution in [0.3, 0.4) is 0 Å². The molecule has 0 aliphatic carbocycles. The minimum Gasteiger partial charge on any atom is -0.371 e. The molecule has 28 heavy (non-hydrogen) atoms. The van der Waals surface area contributed by atoms with Gasteiger partial charge in [0.05, 0.1) is 0 Å². The lowest BCUT2D eigenvalue weighted by Gasteiger charge is -2.22. The number of nitrogens with one attached hydrogen (secondary N) is 3. The van der Waals surface area contributed by atoms with Crippen molar-refractivity contribution in [1.29, 1.82) is 0 Å². The van der Waals surface area contributed by atoms with E-state index in [0.29, 0.717) is 12.3 Å². The van der Waals surface area contributed by atoms with Gasteiger partial charge < -0.3 is 20.9 Å². The molecule has 1 unspecified atom stereocenters. The van der Waals surface area contributed by atoms with Gasteiger partial charge in [-0.1, -0.05) is 6.07 Å². The van der Waals surface area contributed by atoms with Crippen LogP contribution in [0, 0.1) is 5.92 Å². The summed E-state index contributed by atoms with van der Waals surface area (Å²) >= 11 is 0. The topological polar surface area (TPSA) is 73.5 Å². The van der Waals surface area contributed by atoms with Gasteiger partial charge >= 0.3 is 0 Å². The lowest BCUT2D eigenvalue weighted by molar-refractivity contribution is -0.122. The first-order chi connectivity index (χ1) is 13.6. The highest BCUT2D eigenvalue weighted by atomic mass is 16.2. The molecule has 0 saturated carbocycles. The summed E-state index contributed by atoms with van der Waals surface area (Å²) in [5.41, 5.74) is 1.98. The minimum absolute atomic E-state index is 0.0508. The van der Waals surface area contributed by atoms with Crippen LogP contribution in [0.4, 0.5) is 11.4 Å². The van der Waals surface area contributed by atoms with Crippen molar-refractivity contribution in [3.63, 3.8) is 0 Å². The van der Waals surface area contributed by atoms with Crippen LogP contribution < -0.4 is 20.9 Å². The lowest BCUT2D eigenvalue weighted by atomic mass is 9.93. The average molecular weight is 387 g/mol. The van der Waals surface area contributed by atoms with Crippen molar-refractivity contribution in [1.82, 2.24) is 10.6 Å². The SMILES string of the molecule is CC(CC(=O)Nc1cccc(N2CCCC2)c1)NC(=O)CCC1CCNCC1. The van der Waals surface area contributed by atoms with Gasteiger partial charge in [0.2, 0.25) is 11.8 Å². The van der Waals surface area contributed by atoms with Gasteiger partial charge in [-0.15, -0.1) is 0 Å². The summed E-state index contributed by atoms with van der Waals surface area (Å²) in [6.07, 6.45) is 6.54. The first-order valence-electron chi connectivity index (χ1n) is 10.7. The first-order valence-corrected chi connectivity index (χ1v) is 10.7. The van der Waals surface area contributed by atoms with E-state index in [0.717, 1.165) is 56.8 Å². The third-order valence-corrected chi connectivity index (χ3v) is 5.74. The maximum atomic E-state index is 12.4. The summed E-state index contributed by atoms with van der Waals surface area (Å²) in [6, 6.07) is 7.86. The Morgan fingerprint density at radius 2 is 1.93 bits per heavy atom. The Bertz CT molecular complexity index is 652. The van der Waals surface area contributed by atoms with Crippen LogP contribution in [-0.2, 0) is 9.59 Å². The second kappa shape index (κ2) is 10.5. The fraction of sp³-hybridized carbons (Fsp3) is 0.636. The second-order valence-corrected chi connectivity index (χ2v) is 8.20. The predicted octanol–water partition coefficient (Wildman–Crippen LogP) is 2.90. The quantitative estimate of drug-likeness (QED) is 0.642. The number of piperidine rings is 1. The van der Waals surface area contributed by atoms with Crippen LogP contribution in [0.25, 0.3) is 0 Å². The Kier molecular flexibility index (Phi) is 7.71. The zero-order valence-electron chi connectivity index (χ0n) is 17.0. The molecule has 2 fully saturated rings. The molecule has 1 atom stereocenters. The Morgan fingerprint density at radius 3 is 2.68 bits per heavy atom. The third-order valence-electron chi connectivity index (χ3n) is 5.74. The van der Waals surface area contributed by atoms with E-state index in [2.05, 4.69) is 26.9 Å². The molecule has 0 aromatic heterocycles. The van der Waals surface area contributed by atoms with Crippen LogP contribution in [0.5, 0.6) is 0 Å². The van der Waals surface area contributed by atoms with E-state index in [1.165, 1.54) is 12.8 Å². The maximum Gasteiger partial charge on any atom is 0.226 e. The number of hydrogen-bond acceptors (Lipinski definition) is 4. The summed E-state index contributed by atoms with van der Waals surface area (Å²) < 4.78 is 0. The molecule has 0 radical (unpaired) electrons. The number of benzene rings is 1. The number of anilines is 2. The van der Waals surface area contributed by atoms with E-state index in [1.54, 1.807) is 0 Å². The molecule has 0 spiro atoms. The highest BCUT2D eigenvalue weighted by Gasteiger charge is 2.17. The highest BCUT2D eigenvalue weighted by molar-refractivity contribution is 5.92. The molecule has 2 heterocycles. The molecular formula is C22H34N4O2. The molecule has 3 N–H and O–H groups in total. The van der Waals surface area contributed by atoms with Gasteiger partial charge in [-0.2, -0.15) is 0 Å². The van der Waals surface area contributed by atoms with Crippen molar-refractivity contribution >= 4 is 23.2 Å². The number of hydrogen-bond donors (Lipinski definition) is 3. The zero-order valence-corrected chi connectivity index (χ0v) is 17.0. The fourth-order valence-electron chi connectivity index (χ4n) is 4.15. The van der Waals surface area contributed by atoms with Crippen molar-refractivity contribution in [2.75, 3.05) is 36.4 Å². The Labute approximate surface area is 168 Å². The standard InChI is InChI=1S/C22H34N4O2/c1-17(24-21(27)8-7-18-9-11-23-12-10-18)15-22(28)25-19-5-4-6-20(16-19)26-13-2-3-14-26/h4-6,16-18,23H,2-3,7-15H2,1H3,(H,24,27)(H,25,28). The average Bonchev–Trinajstić information content (AvgIpc) is 3.22. The molecule has 2 amide bonds. The summed E-state index contributed by atoms with van der Waals surface area (Å²) in [6.45, 7) is 6.17. The molecule has 1 aromatic carbocycles. The van der Waals surface area contributed by atoms with Crippen molar-refractivity contribution in [3.8, 4) is 0 Å². The molecular weight excluding hydrogens is 352 g/mol. The smallest absolute Gasteiger partial charge is 0.226 e. The van der Waals surface area contributed by atoms with Crippen LogP contribution >= 0.6 is 0 Å². The highest BCUT2D eigenvalue weighted by Crippen LogP contribution is 2.23. The summed E-state index contributed by atoms with van der Waals surface area (Å²) in [7, 11) is 0. The van der Waals surface area contributed by atoms with E-state index in [-0.39, 0.29) is 24.3 Å².